The van der Waals surface area contributed by atoms with Crippen molar-refractivity contribution in [2.45, 2.75) is 64.2 Å². The number of hydrogen-bond acceptors (Lipinski definition) is 2. The molecule has 0 atom stereocenters. The lowest BCUT2D eigenvalue weighted by Crippen LogP contribution is -2.28. The second kappa shape index (κ2) is 20.7. The molecule has 88 heavy (non-hydrogen) atoms. The summed E-state index contributed by atoms with van der Waals surface area (Å²) in [6, 6.07) is 111. The van der Waals surface area contributed by atoms with E-state index >= 15 is 0 Å². The summed E-state index contributed by atoms with van der Waals surface area (Å²) in [6.45, 7) is 13.9. The minimum Gasteiger partial charge on any atom is -0.310 e. The second-order valence-electron chi connectivity index (χ2n) is 25.2. The molecule has 2 aliphatic rings. The lowest BCUT2D eigenvalue weighted by atomic mass is 9.67. The highest BCUT2D eigenvalue weighted by Crippen LogP contribution is 2.60. The van der Waals surface area contributed by atoms with E-state index in [-0.39, 0.29) is 11.8 Å². The van der Waals surface area contributed by atoms with Crippen molar-refractivity contribution in [1.29, 1.82) is 0 Å². The third kappa shape index (κ3) is 7.87. The van der Waals surface area contributed by atoms with E-state index in [0.29, 0.717) is 0 Å². The fourth-order valence-electron chi connectivity index (χ4n) is 15.9. The monoisotopic (exact) mass is 1130 g/mol. The largest absolute Gasteiger partial charge is 0.310 e. The van der Waals surface area contributed by atoms with Crippen LogP contribution in [0.5, 0.6) is 0 Å². The topological polar surface area (TPSA) is 6.48 Å². The van der Waals surface area contributed by atoms with E-state index in [4.69, 9.17) is 0 Å². The van der Waals surface area contributed by atoms with Gasteiger partial charge in [-0.1, -0.05) is 258 Å². The summed E-state index contributed by atoms with van der Waals surface area (Å²) < 4.78 is 0. The zero-order chi connectivity index (χ0) is 59.4. The molecule has 0 unspecified atom stereocenters. The summed E-state index contributed by atoms with van der Waals surface area (Å²) in [4.78, 5) is 5.13. The molecule has 0 bridgehead atoms. The van der Waals surface area contributed by atoms with Crippen LogP contribution in [0.15, 0.2) is 291 Å². The van der Waals surface area contributed by atoms with E-state index in [0.717, 1.165) is 34.1 Å². The molecule has 14 aromatic rings. The van der Waals surface area contributed by atoms with Crippen LogP contribution in [0, 0.1) is 13.8 Å². The molecule has 2 heteroatoms. The van der Waals surface area contributed by atoms with Crippen LogP contribution in [0.25, 0.3) is 54.6 Å². The third-order valence-electron chi connectivity index (χ3n) is 19.6. The summed E-state index contributed by atoms with van der Waals surface area (Å²) in [5.74, 6) is 0.445. The molecule has 0 fully saturated rings. The first-order valence-corrected chi connectivity index (χ1v) is 31.4. The maximum atomic E-state index is 2.57. The molecule has 16 rings (SSSR count). The van der Waals surface area contributed by atoms with Gasteiger partial charge in [0.15, 0.2) is 0 Å². The van der Waals surface area contributed by atoms with Gasteiger partial charge < -0.3 is 9.80 Å². The maximum absolute atomic E-state index is 2.57. The molecule has 2 aliphatic carbocycles. The van der Waals surface area contributed by atoms with Crippen molar-refractivity contribution in [3.63, 3.8) is 0 Å². The van der Waals surface area contributed by atoms with E-state index < -0.39 is 10.8 Å². The first-order chi connectivity index (χ1) is 43.1. The van der Waals surface area contributed by atoms with Crippen LogP contribution in [-0.2, 0) is 10.8 Å². The summed E-state index contributed by atoms with van der Waals surface area (Å²) in [5, 5.41) is 7.63. The Kier molecular flexibility index (Phi) is 12.5. The Balaban J connectivity index is 0.962. The quantitative estimate of drug-likeness (QED) is 0.113. The fourth-order valence-corrected chi connectivity index (χ4v) is 15.9. The van der Waals surface area contributed by atoms with Gasteiger partial charge in [0.2, 0.25) is 0 Å². The Labute approximate surface area is 517 Å². The van der Waals surface area contributed by atoms with Crippen LogP contribution < -0.4 is 9.80 Å². The Bertz CT molecular complexity index is 4620. The average molecular weight is 1130 g/mol. The molecule has 14 aromatic carbocycles. The summed E-state index contributed by atoms with van der Waals surface area (Å²) >= 11 is 0. The minimum absolute atomic E-state index is 0.222. The van der Waals surface area contributed by atoms with Crippen molar-refractivity contribution in [1.82, 2.24) is 0 Å². The van der Waals surface area contributed by atoms with Crippen molar-refractivity contribution in [2.24, 2.45) is 0 Å². The smallest absolute Gasteiger partial charge is 0.0714 e. The average Bonchev–Trinajstić information content (AvgIpc) is 1.31. The van der Waals surface area contributed by atoms with Gasteiger partial charge in [0.05, 0.1) is 22.2 Å². The van der Waals surface area contributed by atoms with Crippen LogP contribution in [0.2, 0.25) is 0 Å². The predicted molar refractivity (Wildman–Crippen MR) is 372 cm³/mol. The third-order valence-corrected chi connectivity index (χ3v) is 19.6. The Morgan fingerprint density at radius 2 is 0.557 bits per heavy atom. The molecule has 422 valence electrons. The molecular formula is C86H68N2. The van der Waals surface area contributed by atoms with Crippen molar-refractivity contribution < 1.29 is 0 Å². The number of nitrogens with zero attached hydrogens (tertiary/aromatic N) is 2. The van der Waals surface area contributed by atoms with E-state index in [9.17, 15) is 0 Å². The van der Waals surface area contributed by atoms with Gasteiger partial charge in [0.25, 0.3) is 0 Å². The zero-order valence-electron chi connectivity index (χ0n) is 50.8. The second-order valence-corrected chi connectivity index (χ2v) is 25.2. The molecule has 0 aliphatic heterocycles. The standard InChI is InChI=1S/C86H68N2/c1-55(2)75-53-81(87(63-33-21-25-57(5)49-63)65-35-23-31-61(51-65)85(59-27-9-7-10-28-59)77-41-17-13-37-67(77)68-38-14-18-42-78(68)85)73-48-46-72-76(56(3)4)54-82(74-47-45-71(75)83(73)84(72)74)88(64-34-22-26-58(6)50-64)66-36-24-32-62(52-66)86(60-29-11-8-12-30-60)79-43-19-15-39-69(79)70-40-16-20-44-80(70)86/h7-56H,1-6H3. The molecule has 0 N–H and O–H groups in total. The normalized spacial score (nSPS) is 13.5. The molecule has 0 spiro atoms. The highest BCUT2D eigenvalue weighted by molar-refractivity contribution is 6.29. The van der Waals surface area contributed by atoms with Gasteiger partial charge in [-0.25, -0.2) is 0 Å². The van der Waals surface area contributed by atoms with Gasteiger partial charge in [0.1, 0.15) is 0 Å². The minimum atomic E-state index is -0.560. The van der Waals surface area contributed by atoms with Gasteiger partial charge in [-0.15, -0.1) is 0 Å². The Hall–Kier alpha value is -10.3. The van der Waals surface area contributed by atoms with Crippen LogP contribution in [0.3, 0.4) is 0 Å². The molecule has 2 nitrogen and oxygen atoms in total. The van der Waals surface area contributed by atoms with E-state index in [1.807, 2.05) is 0 Å². The molecule has 0 amide bonds. The van der Waals surface area contributed by atoms with E-state index in [2.05, 4.69) is 343 Å². The molecule has 0 radical (unpaired) electrons. The highest BCUT2D eigenvalue weighted by Gasteiger charge is 2.48. The summed E-state index contributed by atoms with van der Waals surface area (Å²) in [5.41, 5.74) is 26.1. The van der Waals surface area contributed by atoms with E-state index in [1.54, 1.807) is 0 Å². The van der Waals surface area contributed by atoms with Crippen LogP contribution >= 0.6 is 0 Å². The van der Waals surface area contributed by atoms with E-state index in [1.165, 1.54) is 121 Å². The highest BCUT2D eigenvalue weighted by atomic mass is 15.2. The Morgan fingerprint density at radius 1 is 0.261 bits per heavy atom. The number of rotatable bonds is 12. The fraction of sp³-hybridized carbons (Fsp3) is 0.116. The first-order valence-electron chi connectivity index (χ1n) is 31.4. The number of hydrogen-bond donors (Lipinski definition) is 0. The van der Waals surface area contributed by atoms with Crippen LogP contribution in [-0.4, -0.2) is 0 Å². The van der Waals surface area contributed by atoms with Crippen molar-refractivity contribution in [3.8, 4) is 22.3 Å². The summed E-state index contributed by atoms with van der Waals surface area (Å²) in [6.07, 6.45) is 0. The van der Waals surface area contributed by atoms with Crippen molar-refractivity contribution in [3.05, 3.63) is 358 Å². The number of aryl methyl sites for hydroxylation is 2. The lowest BCUT2D eigenvalue weighted by molar-refractivity contribution is 0.768. The zero-order valence-corrected chi connectivity index (χ0v) is 50.8. The number of benzene rings is 14. The predicted octanol–water partition coefficient (Wildman–Crippen LogP) is 23.1. The first kappa shape index (κ1) is 53.2. The molecule has 0 heterocycles. The Morgan fingerprint density at radius 3 is 0.898 bits per heavy atom. The maximum Gasteiger partial charge on any atom is 0.0714 e. The van der Waals surface area contributed by atoms with Gasteiger partial charge in [-0.3, -0.25) is 0 Å². The van der Waals surface area contributed by atoms with Crippen molar-refractivity contribution in [2.75, 3.05) is 9.80 Å². The molecule has 0 saturated heterocycles. The summed E-state index contributed by atoms with van der Waals surface area (Å²) in [7, 11) is 0. The van der Waals surface area contributed by atoms with Gasteiger partial charge in [-0.05, 0) is 197 Å². The lowest BCUT2D eigenvalue weighted by Gasteiger charge is -2.36. The SMILES string of the molecule is Cc1cccc(N(c2cccc(C3(c4ccccc4)c4ccccc4-c4ccccc43)c2)c2cc(C(C)C)c3ccc4c(N(c5cccc(C)c5)c5cccc(C6(c7ccccc7)c7ccccc7-c7ccccc76)c5)cc(C(C)C)c5ccc2c3c54)c1. The number of fused-ring (bicyclic) bond motifs is 6. The van der Waals surface area contributed by atoms with Crippen LogP contribution in [0.1, 0.15) is 106 Å². The van der Waals surface area contributed by atoms with Crippen LogP contribution in [0.4, 0.5) is 34.1 Å². The molecular weight excluding hydrogens is 1060 g/mol. The molecule has 0 saturated carbocycles. The van der Waals surface area contributed by atoms with Gasteiger partial charge in [0, 0.05) is 33.5 Å². The molecule has 0 aromatic heterocycles. The van der Waals surface area contributed by atoms with Gasteiger partial charge >= 0.3 is 0 Å². The van der Waals surface area contributed by atoms with Gasteiger partial charge in [-0.2, -0.15) is 0 Å². The van der Waals surface area contributed by atoms with Crippen molar-refractivity contribution >= 4 is 66.4 Å². The number of anilines is 6.